The van der Waals surface area contributed by atoms with Gasteiger partial charge in [0.2, 0.25) is 0 Å². The second-order valence-electron chi connectivity index (χ2n) is 5.67. The number of halogens is 2. The van der Waals surface area contributed by atoms with Crippen molar-refractivity contribution < 1.29 is 0 Å². The molecule has 4 heteroatoms. The number of aromatic amines is 1. The van der Waals surface area contributed by atoms with Gasteiger partial charge in [0.1, 0.15) is 5.82 Å². The Balaban J connectivity index is 1.69. The Morgan fingerprint density at radius 2 is 1.70 bits per heavy atom. The number of aryl methyl sites for hydroxylation is 3. The lowest BCUT2D eigenvalue weighted by Gasteiger charge is -2.02. The first-order valence-electron chi connectivity index (χ1n) is 7.64. The topological polar surface area (TPSA) is 28.7 Å². The van der Waals surface area contributed by atoms with Gasteiger partial charge in [-0.3, -0.25) is 0 Å². The van der Waals surface area contributed by atoms with E-state index >= 15 is 0 Å². The van der Waals surface area contributed by atoms with Gasteiger partial charge in [-0.2, -0.15) is 0 Å². The molecule has 0 fully saturated rings. The number of rotatable bonds is 5. The molecule has 0 atom stereocenters. The maximum absolute atomic E-state index is 6.08. The van der Waals surface area contributed by atoms with E-state index in [9.17, 15) is 0 Å². The molecule has 0 radical (unpaired) electrons. The maximum atomic E-state index is 6.08. The van der Waals surface area contributed by atoms with Gasteiger partial charge < -0.3 is 4.98 Å². The number of nitrogens with zero attached hydrogens (tertiary/aromatic N) is 1. The predicted octanol–water partition coefficient (Wildman–Crippen LogP) is 5.40. The number of hydrogen-bond donors (Lipinski definition) is 1. The summed E-state index contributed by atoms with van der Waals surface area (Å²) in [6, 6.07) is 16.2. The Hall–Kier alpha value is -1.77. The molecule has 0 saturated carbocycles. The van der Waals surface area contributed by atoms with Crippen molar-refractivity contribution >= 4 is 23.2 Å². The monoisotopic (exact) mass is 344 g/mol. The average Bonchev–Trinajstić information content (AvgIpc) is 2.90. The summed E-state index contributed by atoms with van der Waals surface area (Å²) in [5, 5.41) is 1.17. The maximum Gasteiger partial charge on any atom is 0.106 e. The SMILES string of the molecule is Cc1[nH]c(CCc2ccccc2)nc1Cc1ccc(Cl)c(Cl)c1. The lowest BCUT2D eigenvalue weighted by atomic mass is 10.1. The van der Waals surface area contributed by atoms with E-state index in [1.807, 2.05) is 24.3 Å². The molecule has 1 heterocycles. The predicted molar refractivity (Wildman–Crippen MR) is 96.4 cm³/mol. The van der Waals surface area contributed by atoms with Crippen molar-refractivity contribution in [1.29, 1.82) is 0 Å². The van der Waals surface area contributed by atoms with Gasteiger partial charge in [0.05, 0.1) is 15.7 Å². The molecule has 2 aromatic carbocycles. The second-order valence-corrected chi connectivity index (χ2v) is 6.48. The normalized spacial score (nSPS) is 10.9. The summed E-state index contributed by atoms with van der Waals surface area (Å²) >= 11 is 12.0. The van der Waals surface area contributed by atoms with Crippen LogP contribution in [0.5, 0.6) is 0 Å². The lowest BCUT2D eigenvalue weighted by molar-refractivity contribution is 0.876. The highest BCUT2D eigenvalue weighted by molar-refractivity contribution is 6.42. The third-order valence-corrected chi connectivity index (χ3v) is 4.62. The van der Waals surface area contributed by atoms with Gasteiger partial charge >= 0.3 is 0 Å². The molecular formula is C19H18Cl2N2. The number of imidazole rings is 1. The third kappa shape index (κ3) is 4.15. The van der Waals surface area contributed by atoms with Crippen LogP contribution in [0, 0.1) is 6.92 Å². The molecular weight excluding hydrogens is 327 g/mol. The van der Waals surface area contributed by atoms with Gasteiger partial charge in [0, 0.05) is 18.5 Å². The van der Waals surface area contributed by atoms with E-state index in [1.165, 1.54) is 5.56 Å². The first-order valence-corrected chi connectivity index (χ1v) is 8.39. The minimum absolute atomic E-state index is 0.581. The fourth-order valence-electron chi connectivity index (χ4n) is 2.60. The summed E-state index contributed by atoms with van der Waals surface area (Å²) < 4.78 is 0. The number of hydrogen-bond acceptors (Lipinski definition) is 1. The molecule has 23 heavy (non-hydrogen) atoms. The second kappa shape index (κ2) is 7.20. The van der Waals surface area contributed by atoms with Gasteiger partial charge in [-0.15, -0.1) is 0 Å². The molecule has 0 amide bonds. The molecule has 1 aromatic heterocycles. The zero-order valence-electron chi connectivity index (χ0n) is 12.9. The molecule has 0 aliphatic heterocycles. The Morgan fingerprint density at radius 3 is 2.43 bits per heavy atom. The minimum Gasteiger partial charge on any atom is -0.346 e. The Bertz CT molecular complexity index is 794. The molecule has 118 valence electrons. The van der Waals surface area contributed by atoms with E-state index in [0.717, 1.165) is 42.0 Å². The van der Waals surface area contributed by atoms with Gasteiger partial charge in [-0.1, -0.05) is 59.6 Å². The van der Waals surface area contributed by atoms with E-state index in [-0.39, 0.29) is 0 Å². The molecule has 0 aliphatic carbocycles. The molecule has 0 unspecified atom stereocenters. The van der Waals surface area contributed by atoms with Crippen molar-refractivity contribution in [3.63, 3.8) is 0 Å². The fraction of sp³-hybridized carbons (Fsp3) is 0.211. The summed E-state index contributed by atoms with van der Waals surface area (Å²) in [7, 11) is 0. The highest BCUT2D eigenvalue weighted by Gasteiger charge is 2.09. The average molecular weight is 345 g/mol. The molecule has 0 aliphatic rings. The van der Waals surface area contributed by atoms with Crippen LogP contribution in [0.25, 0.3) is 0 Å². The van der Waals surface area contributed by atoms with Crippen LogP contribution < -0.4 is 0 Å². The first kappa shape index (κ1) is 16.1. The van der Waals surface area contributed by atoms with E-state index < -0.39 is 0 Å². The Morgan fingerprint density at radius 1 is 0.913 bits per heavy atom. The molecule has 1 N–H and O–H groups in total. The number of nitrogens with one attached hydrogen (secondary N) is 1. The van der Waals surface area contributed by atoms with Crippen LogP contribution in [0.1, 0.15) is 28.3 Å². The standard InChI is InChI=1S/C19H18Cl2N2/c1-13-18(12-15-7-9-16(20)17(21)11-15)23-19(22-13)10-8-14-5-3-2-4-6-14/h2-7,9,11H,8,10,12H2,1H3,(H,22,23). The Labute approximate surface area is 146 Å². The van der Waals surface area contributed by atoms with Crippen LogP contribution in [0.15, 0.2) is 48.5 Å². The van der Waals surface area contributed by atoms with Crippen molar-refractivity contribution in [1.82, 2.24) is 9.97 Å². The summed E-state index contributed by atoms with van der Waals surface area (Å²) in [6.45, 7) is 2.06. The molecule has 3 aromatic rings. The van der Waals surface area contributed by atoms with Crippen LogP contribution in [0.2, 0.25) is 10.0 Å². The third-order valence-electron chi connectivity index (χ3n) is 3.88. The van der Waals surface area contributed by atoms with Crippen LogP contribution >= 0.6 is 23.2 Å². The molecule has 0 spiro atoms. The van der Waals surface area contributed by atoms with Crippen molar-refractivity contribution in [3.8, 4) is 0 Å². The van der Waals surface area contributed by atoms with Crippen molar-refractivity contribution in [2.24, 2.45) is 0 Å². The van der Waals surface area contributed by atoms with Crippen molar-refractivity contribution in [2.45, 2.75) is 26.2 Å². The smallest absolute Gasteiger partial charge is 0.106 e. The quantitative estimate of drug-likeness (QED) is 0.659. The van der Waals surface area contributed by atoms with Crippen LogP contribution in [0.3, 0.4) is 0 Å². The zero-order chi connectivity index (χ0) is 16.2. The van der Waals surface area contributed by atoms with E-state index in [0.29, 0.717) is 10.0 Å². The number of H-pyrrole nitrogens is 1. The summed E-state index contributed by atoms with van der Waals surface area (Å²) in [5.41, 5.74) is 4.61. The van der Waals surface area contributed by atoms with E-state index in [4.69, 9.17) is 28.2 Å². The summed E-state index contributed by atoms with van der Waals surface area (Å²) in [6.07, 6.45) is 2.65. The number of benzene rings is 2. The highest BCUT2D eigenvalue weighted by Crippen LogP contribution is 2.24. The molecule has 2 nitrogen and oxygen atoms in total. The van der Waals surface area contributed by atoms with Crippen LogP contribution in [-0.4, -0.2) is 9.97 Å². The molecule has 0 bridgehead atoms. The zero-order valence-corrected chi connectivity index (χ0v) is 14.5. The summed E-state index contributed by atoms with van der Waals surface area (Å²) in [5.74, 6) is 1.03. The number of aromatic nitrogens is 2. The Kier molecular flexibility index (Phi) is 5.04. The molecule has 3 rings (SSSR count). The largest absolute Gasteiger partial charge is 0.346 e. The highest BCUT2D eigenvalue weighted by atomic mass is 35.5. The van der Waals surface area contributed by atoms with E-state index in [1.54, 1.807) is 0 Å². The van der Waals surface area contributed by atoms with E-state index in [2.05, 4.69) is 36.2 Å². The molecule has 0 saturated heterocycles. The minimum atomic E-state index is 0.581. The fourth-order valence-corrected chi connectivity index (χ4v) is 2.92. The van der Waals surface area contributed by atoms with Crippen LogP contribution in [-0.2, 0) is 19.3 Å². The lowest BCUT2D eigenvalue weighted by Crippen LogP contribution is -1.94. The summed E-state index contributed by atoms with van der Waals surface area (Å²) in [4.78, 5) is 8.13. The van der Waals surface area contributed by atoms with Gasteiger partial charge in [0.15, 0.2) is 0 Å². The van der Waals surface area contributed by atoms with Gasteiger partial charge in [0.25, 0.3) is 0 Å². The van der Waals surface area contributed by atoms with Gasteiger partial charge in [-0.25, -0.2) is 4.98 Å². The first-order chi connectivity index (χ1) is 11.1. The van der Waals surface area contributed by atoms with Crippen molar-refractivity contribution in [3.05, 3.63) is 86.9 Å². The van der Waals surface area contributed by atoms with Crippen molar-refractivity contribution in [2.75, 3.05) is 0 Å². The van der Waals surface area contributed by atoms with Gasteiger partial charge in [-0.05, 0) is 36.6 Å². The van der Waals surface area contributed by atoms with Crippen LogP contribution in [0.4, 0.5) is 0 Å².